The van der Waals surface area contributed by atoms with Gasteiger partial charge in [-0.15, -0.1) is 0 Å². The summed E-state index contributed by atoms with van der Waals surface area (Å²) in [5.41, 5.74) is 3.01. The topological polar surface area (TPSA) is 67.4 Å². The van der Waals surface area contributed by atoms with Crippen molar-refractivity contribution in [3.8, 4) is 5.75 Å². The first kappa shape index (κ1) is 21.3. The Balaban J connectivity index is 1.59. The second-order valence-corrected chi connectivity index (χ2v) is 7.13. The molecular weight excluding hydrogens is 407 g/mol. The van der Waals surface area contributed by atoms with Crippen molar-refractivity contribution in [1.29, 1.82) is 0 Å². The highest BCUT2D eigenvalue weighted by Gasteiger charge is 2.10. The number of carbonyl (C=O) groups excluding carboxylic acids is 2. The second-order valence-electron chi connectivity index (χ2n) is 6.75. The molecule has 0 spiro atoms. The maximum Gasteiger partial charge on any atom is 0.262 e. The number of anilines is 2. The third-order valence-electron chi connectivity index (χ3n) is 4.29. The molecule has 0 atom stereocenters. The number of nitrogens with one attached hydrogen (secondary N) is 2. The van der Waals surface area contributed by atoms with Gasteiger partial charge in [-0.3, -0.25) is 9.59 Å². The molecule has 0 radical (unpaired) electrons. The Hall–Kier alpha value is -3.38. The monoisotopic (exact) mass is 426 g/mol. The van der Waals surface area contributed by atoms with Gasteiger partial charge in [0.1, 0.15) is 11.6 Å². The number of hydrogen-bond acceptors (Lipinski definition) is 3. The molecule has 3 aromatic carbocycles. The van der Waals surface area contributed by atoms with Crippen molar-refractivity contribution in [2.45, 2.75) is 13.8 Å². The molecule has 3 rings (SSSR count). The van der Waals surface area contributed by atoms with Gasteiger partial charge < -0.3 is 15.4 Å². The summed E-state index contributed by atoms with van der Waals surface area (Å²) >= 11 is 6.13. The zero-order chi connectivity index (χ0) is 21.7. The molecular formula is C23H20ClFN2O3. The first-order valence-electron chi connectivity index (χ1n) is 9.18. The van der Waals surface area contributed by atoms with Crippen molar-refractivity contribution in [3.05, 3.63) is 88.2 Å². The number of amides is 2. The number of benzene rings is 3. The summed E-state index contributed by atoms with van der Waals surface area (Å²) in [5.74, 6) is -0.571. The Morgan fingerprint density at radius 1 is 0.933 bits per heavy atom. The lowest BCUT2D eigenvalue weighted by molar-refractivity contribution is -0.118. The van der Waals surface area contributed by atoms with Crippen LogP contribution in [0.4, 0.5) is 15.8 Å². The van der Waals surface area contributed by atoms with E-state index in [1.807, 2.05) is 13.8 Å². The third kappa shape index (κ3) is 5.58. The first-order chi connectivity index (χ1) is 14.3. The van der Waals surface area contributed by atoms with Gasteiger partial charge in [0.2, 0.25) is 0 Å². The van der Waals surface area contributed by atoms with E-state index in [2.05, 4.69) is 10.6 Å². The molecule has 0 fully saturated rings. The Bertz CT molecular complexity index is 1060. The van der Waals surface area contributed by atoms with Crippen LogP contribution in [0.1, 0.15) is 21.5 Å². The van der Waals surface area contributed by atoms with E-state index >= 15 is 0 Å². The highest BCUT2D eigenvalue weighted by molar-refractivity contribution is 6.32. The van der Waals surface area contributed by atoms with Crippen LogP contribution < -0.4 is 15.4 Å². The lowest BCUT2D eigenvalue weighted by atomic mass is 10.1. The molecule has 0 aliphatic rings. The number of carbonyl (C=O) groups is 2. The number of halogens is 2. The van der Waals surface area contributed by atoms with E-state index in [0.717, 1.165) is 11.1 Å². The maximum atomic E-state index is 13.0. The van der Waals surface area contributed by atoms with Gasteiger partial charge in [0.15, 0.2) is 6.61 Å². The van der Waals surface area contributed by atoms with Crippen molar-refractivity contribution >= 4 is 34.8 Å². The summed E-state index contributed by atoms with van der Waals surface area (Å²) in [4.78, 5) is 24.6. The standard InChI is InChI=1S/C23H20ClFN2O3/c1-14-10-20(11-15(2)22(14)24)30-13-21(28)26-19-5-3-4-16(12-19)23(29)27-18-8-6-17(25)7-9-18/h3-12H,13H2,1-2H3,(H,26,28)(H,27,29). The van der Waals surface area contributed by atoms with E-state index in [1.54, 1.807) is 36.4 Å². The van der Waals surface area contributed by atoms with Gasteiger partial charge in [0.05, 0.1) is 0 Å². The average molecular weight is 427 g/mol. The predicted octanol–water partition coefficient (Wildman–Crippen LogP) is 5.37. The Morgan fingerprint density at radius 3 is 2.27 bits per heavy atom. The van der Waals surface area contributed by atoms with E-state index in [-0.39, 0.29) is 24.2 Å². The second kappa shape index (κ2) is 9.41. The van der Waals surface area contributed by atoms with Gasteiger partial charge in [0.25, 0.3) is 11.8 Å². The fourth-order valence-electron chi connectivity index (χ4n) is 2.81. The third-order valence-corrected chi connectivity index (χ3v) is 4.89. The summed E-state index contributed by atoms with van der Waals surface area (Å²) in [7, 11) is 0. The van der Waals surface area contributed by atoms with Gasteiger partial charge in [-0.2, -0.15) is 0 Å². The van der Waals surface area contributed by atoms with Crippen LogP contribution in [-0.2, 0) is 4.79 Å². The molecule has 3 aromatic rings. The van der Waals surface area contributed by atoms with Gasteiger partial charge in [0, 0.05) is 22.0 Å². The molecule has 0 saturated heterocycles. The summed E-state index contributed by atoms with van der Waals surface area (Å²) in [5, 5.41) is 6.04. The Labute approximate surface area is 178 Å². The molecule has 7 heteroatoms. The molecule has 0 bridgehead atoms. The van der Waals surface area contributed by atoms with Gasteiger partial charge in [-0.05, 0) is 79.6 Å². The summed E-state index contributed by atoms with van der Waals surface area (Å²) < 4.78 is 18.5. The van der Waals surface area contributed by atoms with E-state index in [4.69, 9.17) is 16.3 Å². The average Bonchev–Trinajstić information content (AvgIpc) is 2.72. The molecule has 0 aliphatic carbocycles. The minimum absolute atomic E-state index is 0.188. The molecule has 0 aliphatic heterocycles. The molecule has 0 saturated carbocycles. The van der Waals surface area contributed by atoms with Crippen LogP contribution in [0.3, 0.4) is 0 Å². The molecule has 154 valence electrons. The van der Waals surface area contributed by atoms with Crippen molar-refractivity contribution < 1.29 is 18.7 Å². The Kier molecular flexibility index (Phi) is 6.69. The minimum Gasteiger partial charge on any atom is -0.484 e. The van der Waals surface area contributed by atoms with Crippen LogP contribution in [0.25, 0.3) is 0 Å². The van der Waals surface area contributed by atoms with Gasteiger partial charge >= 0.3 is 0 Å². The number of ether oxygens (including phenoxy) is 1. The number of rotatable bonds is 6. The Morgan fingerprint density at radius 2 is 1.60 bits per heavy atom. The minimum atomic E-state index is -0.385. The molecule has 0 heterocycles. The quantitative estimate of drug-likeness (QED) is 0.557. The number of hydrogen-bond donors (Lipinski definition) is 2. The fourth-order valence-corrected chi connectivity index (χ4v) is 2.92. The fraction of sp³-hybridized carbons (Fsp3) is 0.130. The van der Waals surface area contributed by atoms with Crippen LogP contribution in [0.5, 0.6) is 5.75 Å². The van der Waals surface area contributed by atoms with E-state index < -0.39 is 0 Å². The lowest BCUT2D eigenvalue weighted by Crippen LogP contribution is -2.20. The van der Waals surface area contributed by atoms with Crippen LogP contribution in [0.2, 0.25) is 5.02 Å². The normalized spacial score (nSPS) is 10.4. The highest BCUT2D eigenvalue weighted by Crippen LogP contribution is 2.25. The van der Waals surface area contributed by atoms with Crippen LogP contribution in [0, 0.1) is 19.7 Å². The largest absolute Gasteiger partial charge is 0.484 e. The van der Waals surface area contributed by atoms with Crippen LogP contribution >= 0.6 is 11.6 Å². The zero-order valence-electron chi connectivity index (χ0n) is 16.5. The molecule has 30 heavy (non-hydrogen) atoms. The SMILES string of the molecule is Cc1cc(OCC(=O)Nc2cccc(C(=O)Nc3ccc(F)cc3)c2)cc(C)c1Cl. The highest BCUT2D eigenvalue weighted by atomic mass is 35.5. The molecule has 2 amide bonds. The molecule has 0 aromatic heterocycles. The maximum absolute atomic E-state index is 13.0. The van der Waals surface area contributed by atoms with E-state index in [9.17, 15) is 14.0 Å². The van der Waals surface area contributed by atoms with Gasteiger partial charge in [-0.1, -0.05) is 17.7 Å². The molecule has 2 N–H and O–H groups in total. The summed E-state index contributed by atoms with van der Waals surface area (Å²) in [6.45, 7) is 3.54. The predicted molar refractivity (Wildman–Crippen MR) is 116 cm³/mol. The lowest BCUT2D eigenvalue weighted by Gasteiger charge is -2.11. The molecule has 5 nitrogen and oxygen atoms in total. The van der Waals surface area contributed by atoms with Crippen molar-refractivity contribution in [2.75, 3.05) is 17.2 Å². The van der Waals surface area contributed by atoms with Crippen LogP contribution in [-0.4, -0.2) is 18.4 Å². The van der Waals surface area contributed by atoms with Crippen molar-refractivity contribution in [1.82, 2.24) is 0 Å². The number of aryl methyl sites for hydroxylation is 2. The van der Waals surface area contributed by atoms with Crippen molar-refractivity contribution in [3.63, 3.8) is 0 Å². The zero-order valence-corrected chi connectivity index (χ0v) is 17.2. The van der Waals surface area contributed by atoms with E-state index in [1.165, 1.54) is 24.3 Å². The first-order valence-corrected chi connectivity index (χ1v) is 9.56. The van der Waals surface area contributed by atoms with Crippen molar-refractivity contribution in [2.24, 2.45) is 0 Å². The summed E-state index contributed by atoms with van der Waals surface area (Å²) in [6, 6.07) is 15.5. The van der Waals surface area contributed by atoms with Gasteiger partial charge in [-0.25, -0.2) is 4.39 Å². The van der Waals surface area contributed by atoms with Crippen LogP contribution in [0.15, 0.2) is 60.7 Å². The molecule has 0 unspecified atom stereocenters. The summed E-state index contributed by atoms with van der Waals surface area (Å²) in [6.07, 6.45) is 0. The smallest absolute Gasteiger partial charge is 0.262 e. The van der Waals surface area contributed by atoms with E-state index in [0.29, 0.717) is 27.7 Å².